The minimum absolute atomic E-state index is 0.0219. The minimum atomic E-state index is -0.0219. The summed E-state index contributed by atoms with van der Waals surface area (Å²) in [5, 5.41) is 2.90. The first kappa shape index (κ1) is 19.0. The fraction of sp³-hybridized carbons (Fsp3) is 0.591. The van der Waals surface area contributed by atoms with Crippen molar-refractivity contribution in [2.75, 3.05) is 31.5 Å². The van der Waals surface area contributed by atoms with Crippen LogP contribution >= 0.6 is 0 Å². The maximum Gasteiger partial charge on any atom is 0.253 e. The molecule has 0 radical (unpaired) electrons. The first-order valence-electron chi connectivity index (χ1n) is 10.6. The van der Waals surface area contributed by atoms with Crippen LogP contribution in [0, 0.1) is 11.8 Å². The quantitative estimate of drug-likeness (QED) is 0.869. The topological polar surface area (TPSA) is 69.7 Å². The molecule has 0 spiro atoms. The van der Waals surface area contributed by atoms with E-state index in [0.29, 0.717) is 24.3 Å². The van der Waals surface area contributed by atoms with Gasteiger partial charge >= 0.3 is 0 Å². The Morgan fingerprint density at radius 2 is 1.54 bits per heavy atom. The third-order valence-electron chi connectivity index (χ3n) is 6.12. The zero-order valence-corrected chi connectivity index (χ0v) is 16.4. The van der Waals surface area contributed by atoms with Gasteiger partial charge in [-0.05, 0) is 63.1 Å². The fourth-order valence-electron chi connectivity index (χ4n) is 4.20. The lowest BCUT2D eigenvalue weighted by Crippen LogP contribution is -2.45. The van der Waals surface area contributed by atoms with Gasteiger partial charge in [0.2, 0.25) is 11.8 Å². The highest BCUT2D eigenvalue weighted by atomic mass is 16.2. The monoisotopic (exact) mass is 383 g/mol. The van der Waals surface area contributed by atoms with E-state index < -0.39 is 0 Å². The molecular weight excluding hydrogens is 354 g/mol. The smallest absolute Gasteiger partial charge is 0.253 e. The first-order chi connectivity index (χ1) is 13.6. The van der Waals surface area contributed by atoms with E-state index in [1.807, 2.05) is 21.9 Å². The van der Waals surface area contributed by atoms with E-state index in [4.69, 9.17) is 0 Å². The summed E-state index contributed by atoms with van der Waals surface area (Å²) < 4.78 is 0. The molecule has 3 fully saturated rings. The number of hydrogen-bond acceptors (Lipinski definition) is 3. The van der Waals surface area contributed by atoms with Crippen LogP contribution < -0.4 is 5.32 Å². The number of nitrogens with one attached hydrogen (secondary N) is 1. The molecule has 3 aliphatic rings. The average Bonchev–Trinajstić information content (AvgIpc) is 3.59. The van der Waals surface area contributed by atoms with Gasteiger partial charge in [-0.2, -0.15) is 0 Å². The molecule has 6 nitrogen and oxygen atoms in total. The fourth-order valence-corrected chi connectivity index (χ4v) is 4.20. The standard InChI is InChI=1S/C22H29N3O3/c26-20(16-7-8-16)23-19-6-4-5-18(15-19)22(28)25-13-9-17(10-14-25)21(27)24-11-2-1-3-12-24/h4-6,15-17H,1-3,7-14H2,(H,23,26). The van der Waals surface area contributed by atoms with E-state index in [1.54, 1.807) is 12.1 Å². The predicted molar refractivity (Wildman–Crippen MR) is 107 cm³/mol. The number of rotatable bonds is 4. The molecule has 1 aromatic rings. The molecule has 2 saturated heterocycles. The second-order valence-corrected chi connectivity index (χ2v) is 8.30. The molecule has 1 saturated carbocycles. The van der Waals surface area contributed by atoms with Gasteiger partial charge in [-0.25, -0.2) is 0 Å². The van der Waals surface area contributed by atoms with Gasteiger partial charge in [0, 0.05) is 49.3 Å². The molecule has 150 valence electrons. The summed E-state index contributed by atoms with van der Waals surface area (Å²) in [6.07, 6.45) is 6.81. The second kappa shape index (κ2) is 8.33. The van der Waals surface area contributed by atoms with Crippen molar-refractivity contribution in [3.63, 3.8) is 0 Å². The number of benzene rings is 1. The summed E-state index contributed by atoms with van der Waals surface area (Å²) >= 11 is 0. The maximum atomic E-state index is 12.9. The highest BCUT2D eigenvalue weighted by molar-refractivity contribution is 5.98. The Balaban J connectivity index is 1.32. The molecule has 28 heavy (non-hydrogen) atoms. The van der Waals surface area contributed by atoms with Gasteiger partial charge in [0.15, 0.2) is 0 Å². The molecule has 3 amide bonds. The van der Waals surface area contributed by atoms with Crippen molar-refractivity contribution in [2.45, 2.75) is 44.9 Å². The van der Waals surface area contributed by atoms with Gasteiger partial charge in [-0.1, -0.05) is 6.07 Å². The lowest BCUT2D eigenvalue weighted by atomic mass is 9.94. The number of hydrogen-bond donors (Lipinski definition) is 1. The number of carbonyl (C=O) groups is 3. The van der Waals surface area contributed by atoms with Crippen molar-refractivity contribution in [3.8, 4) is 0 Å². The van der Waals surface area contributed by atoms with Crippen LogP contribution in [-0.4, -0.2) is 53.7 Å². The van der Waals surface area contributed by atoms with Crippen molar-refractivity contribution in [3.05, 3.63) is 29.8 Å². The van der Waals surface area contributed by atoms with Crippen LogP contribution in [0.2, 0.25) is 0 Å². The van der Waals surface area contributed by atoms with E-state index in [9.17, 15) is 14.4 Å². The Kier molecular flexibility index (Phi) is 5.64. The number of nitrogens with zero attached hydrogens (tertiary/aromatic N) is 2. The van der Waals surface area contributed by atoms with E-state index in [2.05, 4.69) is 5.32 Å². The molecule has 2 heterocycles. The van der Waals surface area contributed by atoms with E-state index in [0.717, 1.165) is 51.6 Å². The molecule has 0 unspecified atom stereocenters. The third kappa shape index (κ3) is 4.37. The molecule has 0 atom stereocenters. The molecule has 0 aromatic heterocycles. The van der Waals surface area contributed by atoms with E-state index in [-0.39, 0.29) is 29.6 Å². The molecule has 1 aromatic carbocycles. The van der Waals surface area contributed by atoms with Gasteiger partial charge in [0.25, 0.3) is 5.91 Å². The van der Waals surface area contributed by atoms with Crippen LogP contribution in [0.3, 0.4) is 0 Å². The lowest BCUT2D eigenvalue weighted by molar-refractivity contribution is -0.137. The van der Waals surface area contributed by atoms with Crippen molar-refractivity contribution in [1.29, 1.82) is 0 Å². The van der Waals surface area contributed by atoms with Crippen molar-refractivity contribution >= 4 is 23.4 Å². The summed E-state index contributed by atoms with van der Waals surface area (Å²) in [5.41, 5.74) is 1.27. The minimum Gasteiger partial charge on any atom is -0.342 e. The molecule has 1 aliphatic carbocycles. The van der Waals surface area contributed by atoms with Crippen LogP contribution in [0.1, 0.15) is 55.3 Å². The van der Waals surface area contributed by atoms with Crippen LogP contribution in [0.25, 0.3) is 0 Å². The van der Waals surface area contributed by atoms with Crippen LogP contribution in [0.15, 0.2) is 24.3 Å². The van der Waals surface area contributed by atoms with Crippen molar-refractivity contribution < 1.29 is 14.4 Å². The largest absolute Gasteiger partial charge is 0.342 e. The zero-order valence-electron chi connectivity index (χ0n) is 16.4. The first-order valence-corrected chi connectivity index (χ1v) is 10.6. The zero-order chi connectivity index (χ0) is 19.5. The predicted octanol–water partition coefficient (Wildman–Crippen LogP) is 2.90. The Labute approximate surface area is 166 Å². The molecule has 1 N–H and O–H groups in total. The van der Waals surface area contributed by atoms with Gasteiger partial charge in [0.1, 0.15) is 0 Å². The van der Waals surface area contributed by atoms with Gasteiger partial charge in [-0.15, -0.1) is 0 Å². The summed E-state index contributed by atoms with van der Waals surface area (Å²) in [6, 6.07) is 7.18. The summed E-state index contributed by atoms with van der Waals surface area (Å²) in [6.45, 7) is 3.00. The number of anilines is 1. The highest BCUT2D eigenvalue weighted by Crippen LogP contribution is 2.30. The number of likely N-dealkylation sites (tertiary alicyclic amines) is 2. The van der Waals surface area contributed by atoms with Crippen LogP contribution in [-0.2, 0) is 9.59 Å². The lowest BCUT2D eigenvalue weighted by Gasteiger charge is -2.35. The number of carbonyl (C=O) groups excluding carboxylic acids is 3. The molecule has 0 bridgehead atoms. The average molecular weight is 383 g/mol. The molecular formula is C22H29N3O3. The Morgan fingerprint density at radius 3 is 2.21 bits per heavy atom. The molecule has 4 rings (SSSR count). The SMILES string of the molecule is O=C(Nc1cccc(C(=O)N2CCC(C(=O)N3CCCCC3)CC2)c1)C1CC1. The van der Waals surface area contributed by atoms with E-state index in [1.165, 1.54) is 6.42 Å². The second-order valence-electron chi connectivity index (χ2n) is 8.30. The third-order valence-corrected chi connectivity index (χ3v) is 6.12. The van der Waals surface area contributed by atoms with Crippen LogP contribution in [0.5, 0.6) is 0 Å². The number of amides is 3. The normalized spacial score (nSPS) is 20.7. The van der Waals surface area contributed by atoms with Crippen molar-refractivity contribution in [1.82, 2.24) is 9.80 Å². The van der Waals surface area contributed by atoms with Gasteiger partial charge in [0.05, 0.1) is 0 Å². The summed E-state index contributed by atoms with van der Waals surface area (Å²) in [5.74, 6) is 0.478. The van der Waals surface area contributed by atoms with E-state index >= 15 is 0 Å². The maximum absolute atomic E-state index is 12.9. The van der Waals surface area contributed by atoms with Crippen molar-refractivity contribution in [2.24, 2.45) is 11.8 Å². The van der Waals surface area contributed by atoms with Gasteiger partial charge in [-0.3, -0.25) is 14.4 Å². The van der Waals surface area contributed by atoms with Crippen LogP contribution in [0.4, 0.5) is 5.69 Å². The summed E-state index contributed by atoms with van der Waals surface area (Å²) in [7, 11) is 0. The Bertz CT molecular complexity index is 745. The Hall–Kier alpha value is -2.37. The molecule has 6 heteroatoms. The highest BCUT2D eigenvalue weighted by Gasteiger charge is 2.32. The number of piperidine rings is 2. The summed E-state index contributed by atoms with van der Waals surface area (Å²) in [4.78, 5) is 41.4. The van der Waals surface area contributed by atoms with Gasteiger partial charge < -0.3 is 15.1 Å². The molecule has 2 aliphatic heterocycles. The Morgan fingerprint density at radius 1 is 0.821 bits per heavy atom.